The van der Waals surface area contributed by atoms with Crippen molar-refractivity contribution in [3.63, 3.8) is 0 Å². The maximum Gasteiger partial charge on any atom is 0.261 e. The molecule has 2 aliphatic rings. The lowest BCUT2D eigenvalue weighted by molar-refractivity contribution is -0.937. The van der Waals surface area contributed by atoms with E-state index in [2.05, 4.69) is 70.5 Å². The van der Waals surface area contributed by atoms with E-state index in [0.717, 1.165) is 63.6 Å². The summed E-state index contributed by atoms with van der Waals surface area (Å²) in [5.74, 6) is -1.44. The summed E-state index contributed by atoms with van der Waals surface area (Å²) in [5.41, 5.74) is 1.52. The lowest BCUT2D eigenvalue weighted by Crippen LogP contribution is -2.50. The van der Waals surface area contributed by atoms with Gasteiger partial charge in [0.15, 0.2) is 0 Å². The molecule has 0 radical (unpaired) electrons. The molecule has 4 rings (SSSR count). The van der Waals surface area contributed by atoms with Gasteiger partial charge in [-0.25, -0.2) is 0 Å². The van der Waals surface area contributed by atoms with Crippen LogP contribution < -0.4 is 0 Å². The molecule has 0 aliphatic carbocycles. The van der Waals surface area contributed by atoms with Crippen LogP contribution in [0.2, 0.25) is 0 Å². The highest BCUT2D eigenvalue weighted by molar-refractivity contribution is 6.33. The fraction of sp³-hybridized carbons (Fsp3) is 0.600. The van der Waals surface area contributed by atoms with Crippen LogP contribution in [0.4, 0.5) is 0 Å². The van der Waals surface area contributed by atoms with Crippen LogP contribution in [0.25, 0.3) is 10.8 Å². The third-order valence-electron chi connectivity index (χ3n) is 9.32. The summed E-state index contributed by atoms with van der Waals surface area (Å²) in [4.78, 5) is 57.3. The summed E-state index contributed by atoms with van der Waals surface area (Å²) in [6.07, 6.45) is 2.48. The van der Waals surface area contributed by atoms with E-state index in [0.29, 0.717) is 59.0 Å². The quantitative estimate of drug-likeness (QED) is 0.226. The lowest BCUT2D eigenvalue weighted by Gasteiger charge is -2.35. The van der Waals surface area contributed by atoms with E-state index < -0.39 is 0 Å². The minimum Gasteiger partial charge on any atom is -0.331 e. The van der Waals surface area contributed by atoms with Gasteiger partial charge >= 0.3 is 0 Å². The van der Waals surface area contributed by atoms with Crippen LogP contribution in [-0.4, -0.2) is 174 Å². The molecule has 10 heteroatoms. The molecule has 2 aliphatic heterocycles. The number of likely N-dealkylation sites (N-methyl/N-ethyl adjacent to an activating group) is 2. The average Bonchev–Trinajstić information content (AvgIpc) is 2.92. The Bertz CT molecular complexity index is 1430. The fourth-order valence-corrected chi connectivity index (χ4v) is 6.46. The van der Waals surface area contributed by atoms with Gasteiger partial charge in [-0.05, 0) is 24.3 Å². The van der Waals surface area contributed by atoms with Crippen molar-refractivity contribution in [2.45, 2.75) is 19.3 Å². The molecule has 0 saturated heterocycles. The topological polar surface area (TPSA) is 74.8 Å². The predicted molar refractivity (Wildman–Crippen MR) is 178 cm³/mol. The van der Waals surface area contributed by atoms with Crippen molar-refractivity contribution in [2.75, 3.05) is 123 Å². The van der Waals surface area contributed by atoms with E-state index in [4.69, 9.17) is 0 Å². The van der Waals surface area contributed by atoms with Crippen molar-refractivity contribution in [3.8, 4) is 0 Å². The molecule has 0 atom stereocenters. The van der Waals surface area contributed by atoms with Crippen molar-refractivity contribution in [1.82, 2.24) is 9.80 Å². The summed E-state index contributed by atoms with van der Waals surface area (Å²) in [5, 5.41) is 0.874. The standard InChI is InChI=1S/C35H56N6O4/c1-38(2,3)20-13-23-40(7,8)21-11-18-36-32(42)26-14-16-28-31-29(17-15-27(30(26)31)33(36)43)35(45)37(34(28)44)19-12-22-41(9,10)25-24-39(4,5)6/h14-17H,11-13,18-25H2,1-10H3/q+4. The van der Waals surface area contributed by atoms with E-state index in [1.165, 1.54) is 9.80 Å². The second kappa shape index (κ2) is 12.5. The first kappa shape index (κ1) is 34.7. The molecule has 0 aromatic heterocycles. The van der Waals surface area contributed by atoms with Crippen molar-refractivity contribution in [1.29, 1.82) is 0 Å². The molecular formula is C35H56N6O4+4. The molecule has 2 aromatic rings. The van der Waals surface area contributed by atoms with Gasteiger partial charge in [0.05, 0.1) is 96.7 Å². The normalized spacial score (nSPS) is 16.0. The molecule has 0 unspecified atom stereocenters. The minimum absolute atomic E-state index is 0.323. The monoisotopic (exact) mass is 624 g/mol. The Hall–Kier alpha value is -3.18. The SMILES string of the molecule is C[N+](C)(C)CCC[N+](C)(C)CCCN1C(=O)c2ccc3c4c(ccc(c24)C1=O)C(=O)N(CCC[N+](C)(C)CC[N+](C)(C)C)C3=O. The molecule has 0 saturated carbocycles. The Morgan fingerprint density at radius 2 is 0.733 bits per heavy atom. The molecule has 246 valence electrons. The second-order valence-electron chi connectivity index (χ2n) is 16.4. The van der Waals surface area contributed by atoms with Crippen LogP contribution in [0.1, 0.15) is 60.7 Å². The smallest absolute Gasteiger partial charge is 0.261 e. The number of carbonyl (C=O) groups is 4. The summed E-state index contributed by atoms with van der Waals surface area (Å²) >= 11 is 0. The summed E-state index contributed by atoms with van der Waals surface area (Å²) in [6.45, 7) is 6.47. The zero-order valence-corrected chi connectivity index (χ0v) is 29.4. The van der Waals surface area contributed by atoms with Crippen LogP contribution in [0.3, 0.4) is 0 Å². The predicted octanol–water partition coefficient (Wildman–Crippen LogP) is 2.77. The van der Waals surface area contributed by atoms with Gasteiger partial charge in [0.25, 0.3) is 23.6 Å². The number of nitrogens with zero attached hydrogens (tertiary/aromatic N) is 6. The van der Waals surface area contributed by atoms with Gasteiger partial charge < -0.3 is 17.9 Å². The van der Waals surface area contributed by atoms with Gasteiger partial charge in [0.2, 0.25) is 0 Å². The van der Waals surface area contributed by atoms with Crippen LogP contribution in [0.15, 0.2) is 24.3 Å². The van der Waals surface area contributed by atoms with Crippen molar-refractivity contribution < 1.29 is 37.1 Å². The van der Waals surface area contributed by atoms with Gasteiger partial charge in [-0.15, -0.1) is 0 Å². The highest BCUT2D eigenvalue weighted by atomic mass is 16.2. The Morgan fingerprint density at radius 1 is 0.422 bits per heavy atom. The summed E-state index contributed by atoms with van der Waals surface area (Å²) < 4.78 is 3.43. The molecule has 10 nitrogen and oxygen atoms in total. The van der Waals surface area contributed by atoms with Crippen LogP contribution >= 0.6 is 0 Å². The first-order valence-corrected chi connectivity index (χ1v) is 16.3. The largest absolute Gasteiger partial charge is 0.331 e. The van der Waals surface area contributed by atoms with E-state index >= 15 is 0 Å². The van der Waals surface area contributed by atoms with Gasteiger partial charge in [0, 0.05) is 65.4 Å². The summed E-state index contributed by atoms with van der Waals surface area (Å²) in [6, 6.07) is 6.64. The Labute approximate surface area is 269 Å². The van der Waals surface area contributed by atoms with Crippen LogP contribution in [0.5, 0.6) is 0 Å². The summed E-state index contributed by atoms with van der Waals surface area (Å²) in [7, 11) is 21.8. The molecule has 2 aromatic carbocycles. The van der Waals surface area contributed by atoms with Gasteiger partial charge in [-0.1, -0.05) is 0 Å². The van der Waals surface area contributed by atoms with Gasteiger partial charge in [0.1, 0.15) is 13.1 Å². The molecule has 0 bridgehead atoms. The van der Waals surface area contributed by atoms with E-state index in [9.17, 15) is 19.2 Å². The van der Waals surface area contributed by atoms with Crippen molar-refractivity contribution in [3.05, 3.63) is 46.5 Å². The van der Waals surface area contributed by atoms with Gasteiger partial charge in [-0.2, -0.15) is 0 Å². The number of hydrogen-bond acceptors (Lipinski definition) is 4. The molecule has 4 amide bonds. The molecule has 0 fully saturated rings. The van der Waals surface area contributed by atoms with Crippen molar-refractivity contribution >= 4 is 34.4 Å². The maximum absolute atomic E-state index is 13.7. The van der Waals surface area contributed by atoms with E-state index in [1.807, 2.05) is 0 Å². The van der Waals surface area contributed by atoms with Gasteiger partial charge in [-0.3, -0.25) is 29.0 Å². The van der Waals surface area contributed by atoms with Crippen molar-refractivity contribution in [2.24, 2.45) is 0 Å². The zero-order valence-electron chi connectivity index (χ0n) is 29.4. The first-order chi connectivity index (χ1) is 20.7. The van der Waals surface area contributed by atoms with E-state index in [1.54, 1.807) is 24.3 Å². The average molecular weight is 625 g/mol. The van der Waals surface area contributed by atoms with Crippen LogP contribution in [0, 0.1) is 0 Å². The molecule has 0 spiro atoms. The Kier molecular flexibility index (Phi) is 9.67. The maximum atomic E-state index is 13.7. The molecule has 0 N–H and O–H groups in total. The lowest BCUT2D eigenvalue weighted by atomic mass is 9.86. The Morgan fingerprint density at radius 3 is 1.07 bits per heavy atom. The number of amides is 4. The number of rotatable bonds is 15. The highest BCUT2D eigenvalue weighted by Gasteiger charge is 2.39. The third-order valence-corrected chi connectivity index (χ3v) is 9.32. The van der Waals surface area contributed by atoms with E-state index in [-0.39, 0.29) is 23.6 Å². The highest BCUT2D eigenvalue weighted by Crippen LogP contribution is 2.38. The number of imide groups is 2. The minimum atomic E-state index is -0.361. The fourth-order valence-electron chi connectivity index (χ4n) is 6.46. The third kappa shape index (κ3) is 7.98. The molecule has 45 heavy (non-hydrogen) atoms. The van der Waals surface area contributed by atoms with Crippen LogP contribution in [-0.2, 0) is 0 Å². The number of benzene rings is 2. The number of hydrogen-bond donors (Lipinski definition) is 0. The first-order valence-electron chi connectivity index (χ1n) is 16.3. The second-order valence-corrected chi connectivity index (χ2v) is 16.4. The number of carbonyl (C=O) groups excluding carboxylic acids is 4. The number of quaternary nitrogens is 4. The Balaban J connectivity index is 1.47. The zero-order chi connectivity index (χ0) is 33.5. The molecular weight excluding hydrogens is 568 g/mol. The molecule has 2 heterocycles.